The first-order valence-corrected chi connectivity index (χ1v) is 23.2. The number of carbonyl (C=O) groups is 4. The molecule has 1 saturated heterocycles. The van der Waals surface area contributed by atoms with Crippen molar-refractivity contribution in [1.29, 1.82) is 0 Å². The molecule has 11 rings (SSSR count). The molecule has 10 bridgehead atoms. The number of ether oxygens (including phenoxy) is 4. The highest BCUT2D eigenvalue weighted by atomic mass is 16.6. The van der Waals surface area contributed by atoms with Crippen LogP contribution in [-0.2, 0) is 38.1 Å². The van der Waals surface area contributed by atoms with Gasteiger partial charge in [-0.1, -0.05) is 72.3 Å². The van der Waals surface area contributed by atoms with Crippen LogP contribution in [0, 0.1) is 69.5 Å². The Morgan fingerprint density at radius 2 is 1.06 bits per heavy atom. The van der Waals surface area contributed by atoms with Crippen LogP contribution in [0.4, 0.5) is 0 Å². The molecule has 0 spiro atoms. The van der Waals surface area contributed by atoms with Gasteiger partial charge in [-0.2, -0.15) is 0 Å². The second-order valence-corrected chi connectivity index (χ2v) is 22.7. The SMILES string of the molecule is C.C.C.C.C.C.CCC(C)(C)C(=O)OC1(CC)C2CC3CC(C2)CC1C3.CCC(C)(C)C(=O)OC12CC3CC(CC(O)(C3)C1)C2.CCC(C)(C)C(=O)OC1C2CC3C(=O)OC1C3C2. The summed E-state index contributed by atoms with van der Waals surface area (Å²) in [6.45, 7) is 20.0. The molecule has 1 N–H and O–H groups in total. The van der Waals surface area contributed by atoms with Crippen molar-refractivity contribution in [3.05, 3.63) is 0 Å². The first-order chi connectivity index (χ1) is 26.6. The fourth-order valence-electron chi connectivity index (χ4n) is 13.5. The van der Waals surface area contributed by atoms with Gasteiger partial charge in [0.05, 0.1) is 27.8 Å². The maximum absolute atomic E-state index is 12.6. The molecule has 11 fully saturated rings. The minimum atomic E-state index is -0.555. The van der Waals surface area contributed by atoms with Gasteiger partial charge in [0.2, 0.25) is 0 Å². The summed E-state index contributed by atoms with van der Waals surface area (Å²) in [6, 6.07) is 0. The zero-order chi connectivity index (χ0) is 41.5. The standard InChI is InChI=1S/C18H30O2.C16H26O3.C14H20O4.6CH4/c1-5-17(3,4)16(19)20-18(6-2)14-8-12-7-13(10-14)11-15(18)9-12;1-4-14(2,3)13(17)19-16-8-11-5-12(9-16)7-15(18,6-11)10-16;1-4-14(2,3)13(16)18-10-7-5-8-9(6-7)12(15)17-11(8)10;;;;;;/h12-15H,5-11H2,1-4H3;11-12,18H,4-10H2,1-3H3;7-11H,4-6H2,1-3H3;6*1H4. The molecule has 0 aromatic carbocycles. The predicted molar refractivity (Wildman–Crippen MR) is 257 cm³/mol. The van der Waals surface area contributed by atoms with E-state index in [-0.39, 0.29) is 103 Å². The number of rotatable bonds is 10. The number of carbonyl (C=O) groups excluding carboxylic acids is 4. The van der Waals surface area contributed by atoms with Crippen molar-refractivity contribution in [1.82, 2.24) is 0 Å². The van der Waals surface area contributed by atoms with E-state index in [4.69, 9.17) is 18.9 Å². The highest BCUT2D eigenvalue weighted by Gasteiger charge is 2.64. The molecule has 7 atom stereocenters. The number of hydrogen-bond donors (Lipinski definition) is 1. The Kier molecular flexibility index (Phi) is 19.4. The van der Waals surface area contributed by atoms with Crippen LogP contribution < -0.4 is 0 Å². The fourth-order valence-corrected chi connectivity index (χ4v) is 13.5. The molecule has 0 amide bonds. The Labute approximate surface area is 387 Å². The predicted octanol–water partition coefficient (Wildman–Crippen LogP) is 13.4. The maximum atomic E-state index is 12.6. The summed E-state index contributed by atoms with van der Waals surface area (Å²) in [7, 11) is 0. The molecule has 9 nitrogen and oxygen atoms in total. The Morgan fingerprint density at radius 1 is 0.619 bits per heavy atom. The summed E-state index contributed by atoms with van der Waals surface area (Å²) in [5, 5.41) is 10.6. The lowest BCUT2D eigenvalue weighted by Crippen LogP contribution is -2.61. The van der Waals surface area contributed by atoms with Gasteiger partial charge in [0.1, 0.15) is 23.4 Å². The quantitative estimate of drug-likeness (QED) is 0.168. The molecule has 0 aromatic heterocycles. The molecule has 7 unspecified atom stereocenters. The summed E-state index contributed by atoms with van der Waals surface area (Å²) in [5.74, 6) is 4.66. The summed E-state index contributed by atoms with van der Waals surface area (Å²) in [6.07, 6.45) is 17.2. The number of esters is 4. The van der Waals surface area contributed by atoms with Crippen molar-refractivity contribution in [3.8, 4) is 0 Å². The van der Waals surface area contributed by atoms with E-state index in [1.54, 1.807) is 0 Å². The zero-order valence-corrected chi connectivity index (χ0v) is 37.1. The summed E-state index contributed by atoms with van der Waals surface area (Å²) < 4.78 is 23.3. The van der Waals surface area contributed by atoms with Crippen molar-refractivity contribution in [3.63, 3.8) is 0 Å². The van der Waals surface area contributed by atoms with E-state index >= 15 is 0 Å². The van der Waals surface area contributed by atoms with Crippen LogP contribution in [0.3, 0.4) is 0 Å². The van der Waals surface area contributed by atoms with Crippen LogP contribution in [0.15, 0.2) is 0 Å². The van der Waals surface area contributed by atoms with E-state index in [9.17, 15) is 24.3 Å². The second-order valence-electron chi connectivity index (χ2n) is 22.7. The molecular weight excluding hydrogens is 793 g/mol. The lowest BCUT2D eigenvalue weighted by molar-refractivity contribution is -0.225. The van der Waals surface area contributed by atoms with Gasteiger partial charge in [0, 0.05) is 18.3 Å². The highest BCUT2D eigenvalue weighted by molar-refractivity contribution is 5.79. The van der Waals surface area contributed by atoms with Crippen LogP contribution in [0.5, 0.6) is 0 Å². The number of hydrogen-bond acceptors (Lipinski definition) is 9. The first-order valence-electron chi connectivity index (χ1n) is 23.2. The van der Waals surface area contributed by atoms with Gasteiger partial charge >= 0.3 is 23.9 Å². The van der Waals surface area contributed by atoms with Crippen LogP contribution in [0.1, 0.15) is 223 Å². The summed E-state index contributed by atoms with van der Waals surface area (Å²) in [5.41, 5.74) is -2.24. The van der Waals surface area contributed by atoms with Crippen LogP contribution in [0.2, 0.25) is 0 Å². The highest BCUT2D eigenvalue weighted by Crippen LogP contribution is 2.62. The van der Waals surface area contributed by atoms with Crippen molar-refractivity contribution >= 4 is 23.9 Å². The average molecular weight is 893 g/mol. The molecule has 370 valence electrons. The lowest BCUT2D eigenvalue weighted by atomic mass is 9.49. The molecule has 11 aliphatic rings. The minimum Gasteiger partial charge on any atom is -0.459 e. The monoisotopic (exact) mass is 893 g/mol. The maximum Gasteiger partial charge on any atom is 0.312 e. The molecule has 10 aliphatic carbocycles. The van der Waals surface area contributed by atoms with Gasteiger partial charge in [-0.25, -0.2) is 0 Å². The van der Waals surface area contributed by atoms with E-state index < -0.39 is 16.4 Å². The largest absolute Gasteiger partial charge is 0.459 e. The van der Waals surface area contributed by atoms with Crippen molar-refractivity contribution < 1.29 is 43.2 Å². The van der Waals surface area contributed by atoms with E-state index in [1.165, 1.54) is 38.5 Å². The lowest BCUT2D eigenvalue weighted by Gasteiger charge is -2.60. The Hall–Kier alpha value is -2.16. The van der Waals surface area contributed by atoms with Crippen LogP contribution >= 0.6 is 0 Å². The molecule has 0 aromatic rings. The molecule has 9 heteroatoms. The fraction of sp³-hybridized carbons (Fsp3) is 0.926. The average Bonchev–Trinajstić information content (AvgIpc) is 3.77. The molecule has 0 radical (unpaired) electrons. The second kappa shape index (κ2) is 20.8. The minimum absolute atomic E-state index is 0. The van der Waals surface area contributed by atoms with Gasteiger partial charge in [-0.15, -0.1) is 0 Å². The Morgan fingerprint density at radius 3 is 1.51 bits per heavy atom. The van der Waals surface area contributed by atoms with E-state index in [2.05, 4.69) is 13.8 Å². The molecule has 63 heavy (non-hydrogen) atoms. The summed E-state index contributed by atoms with van der Waals surface area (Å²) >= 11 is 0. The molecule has 10 saturated carbocycles. The molecular formula is C54H100O9. The van der Waals surface area contributed by atoms with Crippen molar-refractivity contribution in [2.24, 2.45) is 69.5 Å². The van der Waals surface area contributed by atoms with Gasteiger partial charge in [-0.3, -0.25) is 19.2 Å². The Balaban J connectivity index is 0.000000452. The van der Waals surface area contributed by atoms with Crippen LogP contribution in [0.25, 0.3) is 0 Å². The van der Waals surface area contributed by atoms with E-state index in [0.717, 1.165) is 76.0 Å². The van der Waals surface area contributed by atoms with Crippen LogP contribution in [-0.4, -0.2) is 58.0 Å². The topological polar surface area (TPSA) is 125 Å². The Bertz CT molecular complexity index is 1520. The van der Waals surface area contributed by atoms with Gasteiger partial charge in [0.15, 0.2) is 0 Å². The first kappa shape index (κ1) is 58.9. The summed E-state index contributed by atoms with van der Waals surface area (Å²) in [4.78, 5) is 48.7. The smallest absolute Gasteiger partial charge is 0.312 e. The third kappa shape index (κ3) is 10.8. The van der Waals surface area contributed by atoms with E-state index in [1.807, 2.05) is 55.4 Å². The van der Waals surface area contributed by atoms with Crippen molar-refractivity contribution in [2.45, 2.75) is 252 Å². The van der Waals surface area contributed by atoms with Gasteiger partial charge in [-0.05, 0) is 180 Å². The molecule has 1 aliphatic heterocycles. The zero-order valence-electron chi connectivity index (χ0n) is 37.1. The van der Waals surface area contributed by atoms with Gasteiger partial charge < -0.3 is 24.1 Å². The number of fused-ring (bicyclic) bond motifs is 1. The number of aliphatic hydroxyl groups is 1. The molecule has 1 heterocycles. The normalized spacial score (nSPS) is 38.7. The van der Waals surface area contributed by atoms with E-state index in [0.29, 0.717) is 41.9 Å². The third-order valence-corrected chi connectivity index (χ3v) is 17.6. The van der Waals surface area contributed by atoms with Gasteiger partial charge in [0.25, 0.3) is 0 Å². The van der Waals surface area contributed by atoms with Crippen molar-refractivity contribution in [2.75, 3.05) is 0 Å². The third-order valence-electron chi connectivity index (χ3n) is 17.6.